The summed E-state index contributed by atoms with van der Waals surface area (Å²) in [6.07, 6.45) is 0.766. The number of oxime groups is 1. The molecule has 1 aliphatic carbocycles. The quantitative estimate of drug-likeness (QED) is 0.465. The second kappa shape index (κ2) is 7.81. The molecular formula is C17H21NO6. The molecule has 0 unspecified atom stereocenters. The zero-order valence-electron chi connectivity index (χ0n) is 14.3. The van der Waals surface area contributed by atoms with Crippen LogP contribution in [0.25, 0.3) is 0 Å². The van der Waals surface area contributed by atoms with Crippen molar-refractivity contribution >= 4 is 17.7 Å². The number of carbonyl (C=O) groups is 2. The van der Waals surface area contributed by atoms with Crippen LogP contribution < -0.4 is 9.47 Å². The van der Waals surface area contributed by atoms with Gasteiger partial charge in [-0.2, -0.15) is 0 Å². The molecule has 1 atom stereocenters. The van der Waals surface area contributed by atoms with Crippen LogP contribution in [-0.4, -0.2) is 38.5 Å². The van der Waals surface area contributed by atoms with Gasteiger partial charge in [0.2, 0.25) is 0 Å². The van der Waals surface area contributed by atoms with E-state index in [1.165, 1.54) is 14.0 Å². The number of carbonyl (C=O) groups excluding carboxylic acids is 2. The van der Waals surface area contributed by atoms with Gasteiger partial charge in [-0.1, -0.05) is 5.16 Å². The standard InChI is InChI=1S/C17H21NO6/c1-5-23-17(20)11-8-13-12(14(9-11)18-24-10(2)19)6-7-15(21-3)16(13)22-4/h6-7,11H,5,8-9H2,1-4H3/b18-14-/t11-/m1/s1. The largest absolute Gasteiger partial charge is 0.493 e. The maximum absolute atomic E-state index is 12.2. The molecule has 24 heavy (non-hydrogen) atoms. The summed E-state index contributed by atoms with van der Waals surface area (Å²) < 4.78 is 15.9. The highest BCUT2D eigenvalue weighted by atomic mass is 16.7. The van der Waals surface area contributed by atoms with Gasteiger partial charge in [-0.25, -0.2) is 4.79 Å². The molecule has 0 spiro atoms. The lowest BCUT2D eigenvalue weighted by atomic mass is 9.82. The van der Waals surface area contributed by atoms with Crippen molar-refractivity contribution in [1.82, 2.24) is 0 Å². The molecule has 1 aliphatic rings. The minimum atomic E-state index is -0.525. The highest BCUT2D eigenvalue weighted by molar-refractivity contribution is 6.05. The molecule has 0 fully saturated rings. The number of ether oxygens (including phenoxy) is 3. The Morgan fingerprint density at radius 2 is 1.96 bits per heavy atom. The van der Waals surface area contributed by atoms with Crippen LogP contribution in [0.1, 0.15) is 31.4 Å². The third-order valence-corrected chi connectivity index (χ3v) is 3.75. The molecule has 0 heterocycles. The monoisotopic (exact) mass is 335 g/mol. The molecule has 0 radical (unpaired) electrons. The fraction of sp³-hybridized carbons (Fsp3) is 0.471. The van der Waals surface area contributed by atoms with Gasteiger partial charge in [0.1, 0.15) is 0 Å². The van der Waals surface area contributed by atoms with E-state index in [1.807, 2.05) is 6.07 Å². The fourth-order valence-electron chi connectivity index (χ4n) is 2.76. The molecular weight excluding hydrogens is 314 g/mol. The van der Waals surface area contributed by atoms with E-state index in [9.17, 15) is 9.59 Å². The first-order valence-electron chi connectivity index (χ1n) is 7.67. The van der Waals surface area contributed by atoms with Crippen LogP contribution in [-0.2, 0) is 25.6 Å². The Hall–Kier alpha value is -2.57. The molecule has 0 saturated heterocycles. The molecule has 0 N–H and O–H groups in total. The average molecular weight is 335 g/mol. The Bertz CT molecular complexity index is 667. The minimum absolute atomic E-state index is 0.299. The Labute approximate surface area is 140 Å². The van der Waals surface area contributed by atoms with E-state index in [1.54, 1.807) is 20.1 Å². The summed E-state index contributed by atoms with van der Waals surface area (Å²) in [6, 6.07) is 3.58. The first-order chi connectivity index (χ1) is 11.5. The Morgan fingerprint density at radius 1 is 1.21 bits per heavy atom. The van der Waals surface area contributed by atoms with Crippen molar-refractivity contribution in [3.63, 3.8) is 0 Å². The van der Waals surface area contributed by atoms with Crippen LogP contribution in [0.4, 0.5) is 0 Å². The van der Waals surface area contributed by atoms with E-state index in [0.29, 0.717) is 36.7 Å². The summed E-state index contributed by atoms with van der Waals surface area (Å²) in [4.78, 5) is 28.0. The molecule has 2 rings (SSSR count). The molecule has 1 aromatic rings. The molecule has 0 aromatic heterocycles. The van der Waals surface area contributed by atoms with E-state index in [4.69, 9.17) is 19.0 Å². The summed E-state index contributed by atoms with van der Waals surface area (Å²) in [5, 5.41) is 3.91. The molecule has 0 saturated carbocycles. The highest BCUT2D eigenvalue weighted by Gasteiger charge is 2.33. The molecule has 0 bridgehead atoms. The Balaban J connectivity index is 2.50. The first kappa shape index (κ1) is 17.8. The van der Waals surface area contributed by atoms with Gasteiger partial charge in [0, 0.05) is 24.5 Å². The maximum atomic E-state index is 12.2. The number of rotatable bonds is 5. The smallest absolute Gasteiger partial charge is 0.331 e. The second-order valence-corrected chi connectivity index (χ2v) is 5.31. The summed E-state index contributed by atoms with van der Waals surface area (Å²) in [7, 11) is 3.08. The van der Waals surface area contributed by atoms with Gasteiger partial charge in [0.15, 0.2) is 11.5 Å². The molecule has 7 nitrogen and oxygen atoms in total. The van der Waals surface area contributed by atoms with Crippen LogP contribution >= 0.6 is 0 Å². The maximum Gasteiger partial charge on any atom is 0.331 e. The van der Waals surface area contributed by atoms with Gasteiger partial charge in [0.05, 0.1) is 32.5 Å². The van der Waals surface area contributed by atoms with E-state index in [0.717, 1.165) is 11.1 Å². The zero-order valence-corrected chi connectivity index (χ0v) is 14.3. The molecule has 0 amide bonds. The normalized spacial score (nSPS) is 17.8. The Kier molecular flexibility index (Phi) is 5.78. The van der Waals surface area contributed by atoms with Gasteiger partial charge < -0.3 is 19.0 Å². The van der Waals surface area contributed by atoms with Crippen LogP contribution in [0.3, 0.4) is 0 Å². The summed E-state index contributed by atoms with van der Waals surface area (Å²) in [5.41, 5.74) is 2.06. The number of esters is 1. The second-order valence-electron chi connectivity index (χ2n) is 5.31. The van der Waals surface area contributed by atoms with Gasteiger partial charge in [0.25, 0.3) is 0 Å². The zero-order chi connectivity index (χ0) is 17.7. The molecule has 130 valence electrons. The van der Waals surface area contributed by atoms with Crippen molar-refractivity contribution in [3.8, 4) is 11.5 Å². The highest BCUT2D eigenvalue weighted by Crippen LogP contribution is 2.39. The number of benzene rings is 1. The van der Waals surface area contributed by atoms with Crippen molar-refractivity contribution in [2.75, 3.05) is 20.8 Å². The van der Waals surface area contributed by atoms with Gasteiger partial charge >= 0.3 is 11.9 Å². The molecule has 1 aromatic carbocycles. The van der Waals surface area contributed by atoms with Crippen molar-refractivity contribution in [2.45, 2.75) is 26.7 Å². The number of fused-ring (bicyclic) bond motifs is 1. The van der Waals surface area contributed by atoms with Crippen LogP contribution in [0.5, 0.6) is 11.5 Å². The number of hydrogen-bond donors (Lipinski definition) is 0. The topological polar surface area (TPSA) is 83.4 Å². The third-order valence-electron chi connectivity index (χ3n) is 3.75. The lowest BCUT2D eigenvalue weighted by molar-refractivity contribution is -0.147. The van der Waals surface area contributed by atoms with Gasteiger partial charge in [-0.05, 0) is 25.5 Å². The SMILES string of the molecule is CCOC(=O)[C@H]1C/C(=N/OC(C)=O)c2ccc(OC)c(OC)c2C1. The summed E-state index contributed by atoms with van der Waals surface area (Å²) >= 11 is 0. The van der Waals surface area contributed by atoms with Crippen molar-refractivity contribution in [1.29, 1.82) is 0 Å². The minimum Gasteiger partial charge on any atom is -0.493 e. The lowest BCUT2D eigenvalue weighted by Crippen LogP contribution is -2.29. The number of nitrogens with zero attached hydrogens (tertiary/aromatic N) is 1. The van der Waals surface area contributed by atoms with Crippen molar-refractivity contribution in [2.24, 2.45) is 11.1 Å². The van der Waals surface area contributed by atoms with Crippen molar-refractivity contribution < 1.29 is 28.6 Å². The van der Waals surface area contributed by atoms with E-state index >= 15 is 0 Å². The average Bonchev–Trinajstić information content (AvgIpc) is 2.58. The fourth-order valence-corrected chi connectivity index (χ4v) is 2.76. The van der Waals surface area contributed by atoms with E-state index in [2.05, 4.69) is 5.16 Å². The molecule has 7 heteroatoms. The predicted molar refractivity (Wildman–Crippen MR) is 86.3 cm³/mol. The lowest BCUT2D eigenvalue weighted by Gasteiger charge is -2.26. The van der Waals surface area contributed by atoms with E-state index < -0.39 is 11.9 Å². The number of methoxy groups -OCH3 is 2. The Morgan fingerprint density at radius 3 is 2.54 bits per heavy atom. The van der Waals surface area contributed by atoms with Gasteiger partial charge in [-0.3, -0.25) is 4.79 Å². The van der Waals surface area contributed by atoms with E-state index in [-0.39, 0.29) is 5.97 Å². The molecule has 0 aliphatic heterocycles. The number of hydrogen-bond acceptors (Lipinski definition) is 7. The van der Waals surface area contributed by atoms with Crippen LogP contribution in [0.15, 0.2) is 17.3 Å². The van der Waals surface area contributed by atoms with Crippen molar-refractivity contribution in [3.05, 3.63) is 23.3 Å². The van der Waals surface area contributed by atoms with Crippen LogP contribution in [0.2, 0.25) is 0 Å². The summed E-state index contributed by atoms with van der Waals surface area (Å²) in [5.74, 6) is -0.161. The van der Waals surface area contributed by atoms with Gasteiger partial charge in [-0.15, -0.1) is 0 Å². The predicted octanol–water partition coefficient (Wildman–Crippen LogP) is 2.10. The summed E-state index contributed by atoms with van der Waals surface area (Å²) in [6.45, 7) is 3.32. The first-order valence-corrected chi connectivity index (χ1v) is 7.67. The third kappa shape index (κ3) is 3.67. The van der Waals surface area contributed by atoms with Crippen LogP contribution in [0, 0.1) is 5.92 Å².